The largest absolute Gasteiger partial charge is 0.479 e. The highest BCUT2D eigenvalue weighted by Gasteiger charge is 2.49. The van der Waals surface area contributed by atoms with Crippen LogP contribution in [0.5, 0.6) is 0 Å². The first-order valence-corrected chi connectivity index (χ1v) is 10.6. The van der Waals surface area contributed by atoms with Crippen molar-refractivity contribution >= 4 is 52.2 Å². The highest BCUT2D eigenvalue weighted by atomic mass is 35.5. The lowest BCUT2D eigenvalue weighted by Crippen LogP contribution is -2.52. The molecule has 0 spiro atoms. The van der Waals surface area contributed by atoms with Gasteiger partial charge in [0.05, 0.1) is 19.4 Å². The van der Waals surface area contributed by atoms with Gasteiger partial charge in [-0.2, -0.15) is 21.3 Å². The Morgan fingerprint density at radius 3 is 2.75 bits per heavy atom. The van der Waals surface area contributed by atoms with E-state index in [-0.39, 0.29) is 30.0 Å². The lowest BCUT2D eigenvalue weighted by molar-refractivity contribution is -0.187. The van der Waals surface area contributed by atoms with E-state index in [1.54, 1.807) is 16.8 Å². The van der Waals surface area contributed by atoms with Crippen molar-refractivity contribution in [3.05, 3.63) is 27.7 Å². The number of rotatable bonds is 11. The number of nitrogens with one attached hydrogen (secondary N) is 1. The van der Waals surface area contributed by atoms with Crippen molar-refractivity contribution in [3.8, 4) is 0 Å². The zero-order valence-corrected chi connectivity index (χ0v) is 18.4. The number of carboxylic acid groups (broad SMARTS) is 2. The summed E-state index contributed by atoms with van der Waals surface area (Å²) in [6.45, 7) is -0.431. The summed E-state index contributed by atoms with van der Waals surface area (Å²) < 4.78 is 25.7. The van der Waals surface area contributed by atoms with Gasteiger partial charge in [0, 0.05) is 20.0 Å². The standard InChI is InChI=1S/C18H21ClFN5O6S/c1-30-10(4-11(20)25-8-22-12-13(21)23-17(19)24-14(12)25)6-31-18(15(26)27,16(28)29)5-9-2-3-32-7-9/h2-3,7,10-11,22H,4-6,8H2,1H3,(H,26,27)(H,28,29)(H2,21,23,24). The first kappa shape index (κ1) is 23.9. The van der Waals surface area contributed by atoms with Gasteiger partial charge < -0.3 is 35.6 Å². The Balaban J connectivity index is 1.71. The minimum Gasteiger partial charge on any atom is -0.479 e. The molecule has 32 heavy (non-hydrogen) atoms. The third kappa shape index (κ3) is 4.85. The van der Waals surface area contributed by atoms with Crippen molar-refractivity contribution in [2.45, 2.75) is 30.8 Å². The number of anilines is 3. The average Bonchev–Trinajstić information content (AvgIpc) is 3.39. The molecule has 0 saturated carbocycles. The number of fused-ring (bicyclic) bond motifs is 1. The molecular weight excluding hydrogens is 469 g/mol. The first-order valence-electron chi connectivity index (χ1n) is 9.30. The summed E-state index contributed by atoms with van der Waals surface area (Å²) in [5.41, 5.74) is 4.06. The predicted octanol–water partition coefficient (Wildman–Crippen LogP) is 1.83. The summed E-state index contributed by atoms with van der Waals surface area (Å²) in [5, 5.41) is 25.3. The molecule has 3 heterocycles. The minimum absolute atomic E-state index is 0.0410. The molecule has 1 aliphatic heterocycles. The number of halogens is 2. The van der Waals surface area contributed by atoms with Gasteiger partial charge in [-0.1, -0.05) is 0 Å². The maximum Gasteiger partial charge on any atom is 0.348 e. The van der Waals surface area contributed by atoms with Gasteiger partial charge in [-0.05, 0) is 34.0 Å². The van der Waals surface area contributed by atoms with E-state index in [0.717, 1.165) is 0 Å². The van der Waals surface area contributed by atoms with E-state index in [9.17, 15) is 19.8 Å². The topological polar surface area (TPSA) is 160 Å². The molecule has 174 valence electrons. The third-order valence-corrected chi connectivity index (χ3v) is 5.86. The molecule has 2 aromatic heterocycles. The Labute approximate surface area is 190 Å². The molecule has 0 amide bonds. The highest BCUT2D eigenvalue weighted by Crippen LogP contribution is 2.36. The number of aromatic nitrogens is 2. The van der Waals surface area contributed by atoms with E-state index in [0.29, 0.717) is 11.3 Å². The average molecular weight is 490 g/mol. The molecule has 0 saturated heterocycles. The first-order chi connectivity index (χ1) is 15.2. The van der Waals surface area contributed by atoms with Crippen LogP contribution in [0.2, 0.25) is 5.28 Å². The molecule has 1 aliphatic rings. The SMILES string of the molecule is COC(COC(Cc1ccsc1)(C(=O)O)C(=O)O)CC(F)N1CNc2c(N)nc(Cl)nc21. The third-order valence-electron chi connectivity index (χ3n) is 4.96. The fourth-order valence-electron chi connectivity index (χ4n) is 3.20. The van der Waals surface area contributed by atoms with Crippen LogP contribution in [0.4, 0.5) is 21.7 Å². The van der Waals surface area contributed by atoms with Gasteiger partial charge in [0.2, 0.25) is 5.28 Å². The molecule has 11 nitrogen and oxygen atoms in total. The quantitative estimate of drug-likeness (QED) is 0.207. The lowest BCUT2D eigenvalue weighted by atomic mass is 9.95. The van der Waals surface area contributed by atoms with Crippen LogP contribution in [0.25, 0.3) is 0 Å². The maximum absolute atomic E-state index is 15.1. The molecular formula is C18H21ClFN5O6S. The van der Waals surface area contributed by atoms with Crippen molar-refractivity contribution in [2.24, 2.45) is 0 Å². The van der Waals surface area contributed by atoms with Crippen molar-refractivity contribution in [1.29, 1.82) is 0 Å². The Morgan fingerprint density at radius 2 is 2.16 bits per heavy atom. The molecule has 2 atom stereocenters. The Hall–Kier alpha value is -2.74. The molecule has 0 radical (unpaired) electrons. The fraction of sp³-hybridized carbons (Fsp3) is 0.444. The van der Waals surface area contributed by atoms with Crippen molar-refractivity contribution in [3.63, 3.8) is 0 Å². The van der Waals surface area contributed by atoms with E-state index < -0.39 is 43.0 Å². The Kier molecular flexibility index (Phi) is 7.33. The van der Waals surface area contributed by atoms with E-state index in [1.807, 2.05) is 0 Å². The molecule has 2 unspecified atom stereocenters. The molecule has 0 bridgehead atoms. The van der Waals surface area contributed by atoms with Crippen LogP contribution in [0, 0.1) is 0 Å². The number of methoxy groups -OCH3 is 1. The number of ether oxygens (including phenoxy) is 2. The Bertz CT molecular complexity index is 967. The normalized spacial score (nSPS) is 15.2. The van der Waals surface area contributed by atoms with Crippen LogP contribution in [0.15, 0.2) is 16.8 Å². The summed E-state index contributed by atoms with van der Waals surface area (Å²) in [6, 6.07) is 1.61. The second kappa shape index (κ2) is 9.81. The number of nitrogens with zero attached hydrogens (tertiary/aromatic N) is 3. The lowest BCUT2D eigenvalue weighted by Gasteiger charge is -2.29. The number of nitrogens with two attached hydrogens (primary N) is 1. The van der Waals surface area contributed by atoms with Gasteiger partial charge in [-0.3, -0.25) is 0 Å². The summed E-state index contributed by atoms with van der Waals surface area (Å²) in [7, 11) is 1.29. The minimum atomic E-state index is -2.54. The molecule has 3 rings (SSSR count). The summed E-state index contributed by atoms with van der Waals surface area (Å²) in [5.74, 6) is -3.08. The van der Waals surface area contributed by atoms with Crippen LogP contribution < -0.4 is 16.0 Å². The molecule has 14 heteroatoms. The maximum atomic E-state index is 15.1. The van der Waals surface area contributed by atoms with Crippen LogP contribution in [0.3, 0.4) is 0 Å². The zero-order valence-electron chi connectivity index (χ0n) is 16.8. The smallest absolute Gasteiger partial charge is 0.348 e. The summed E-state index contributed by atoms with van der Waals surface area (Å²) in [4.78, 5) is 32.7. The molecule has 0 fully saturated rings. The van der Waals surface area contributed by atoms with Gasteiger partial charge in [-0.15, -0.1) is 0 Å². The Morgan fingerprint density at radius 1 is 1.44 bits per heavy atom. The van der Waals surface area contributed by atoms with Crippen LogP contribution in [0.1, 0.15) is 12.0 Å². The summed E-state index contributed by atoms with van der Waals surface area (Å²) >= 11 is 7.11. The van der Waals surface area contributed by atoms with Crippen LogP contribution >= 0.6 is 22.9 Å². The second-order valence-corrected chi connectivity index (χ2v) is 8.08. The molecule has 0 aliphatic carbocycles. The number of hydrogen-bond donors (Lipinski definition) is 4. The number of carboxylic acids is 2. The number of aliphatic carboxylic acids is 2. The van der Waals surface area contributed by atoms with E-state index in [4.69, 9.17) is 26.8 Å². The molecule has 0 aromatic carbocycles. The van der Waals surface area contributed by atoms with Gasteiger partial charge in [0.15, 0.2) is 17.9 Å². The van der Waals surface area contributed by atoms with Crippen molar-refractivity contribution in [1.82, 2.24) is 9.97 Å². The van der Waals surface area contributed by atoms with E-state index in [1.165, 1.54) is 23.3 Å². The second-order valence-electron chi connectivity index (χ2n) is 6.97. The van der Waals surface area contributed by atoms with Gasteiger partial charge in [-0.25, -0.2) is 14.0 Å². The van der Waals surface area contributed by atoms with E-state index in [2.05, 4.69) is 15.3 Å². The number of thiophene rings is 1. The summed E-state index contributed by atoms with van der Waals surface area (Å²) in [6.07, 6.45) is -3.27. The number of carbonyl (C=O) groups is 2. The predicted molar refractivity (Wildman–Crippen MR) is 115 cm³/mol. The number of nitrogen functional groups attached to an aromatic ring is 1. The van der Waals surface area contributed by atoms with E-state index >= 15 is 4.39 Å². The monoisotopic (exact) mass is 489 g/mol. The number of hydrogen-bond acceptors (Lipinski definition) is 10. The van der Waals surface area contributed by atoms with Crippen LogP contribution in [-0.2, 0) is 25.5 Å². The highest BCUT2D eigenvalue weighted by molar-refractivity contribution is 7.07. The van der Waals surface area contributed by atoms with Crippen LogP contribution in [-0.4, -0.2) is 70.5 Å². The van der Waals surface area contributed by atoms with Crippen molar-refractivity contribution < 1.29 is 33.7 Å². The van der Waals surface area contributed by atoms with Gasteiger partial charge in [0.1, 0.15) is 5.69 Å². The number of alkyl halides is 1. The van der Waals surface area contributed by atoms with Crippen molar-refractivity contribution in [2.75, 3.05) is 36.3 Å². The van der Waals surface area contributed by atoms with Gasteiger partial charge in [0.25, 0.3) is 5.60 Å². The molecule has 2 aromatic rings. The fourth-order valence-corrected chi connectivity index (χ4v) is 4.04. The molecule has 5 N–H and O–H groups in total. The van der Waals surface area contributed by atoms with Gasteiger partial charge >= 0.3 is 11.9 Å². The zero-order chi connectivity index (χ0) is 23.5.